The van der Waals surface area contributed by atoms with Crippen LogP contribution >= 0.6 is 11.8 Å². The van der Waals surface area contributed by atoms with Crippen molar-refractivity contribution in [2.75, 3.05) is 18.5 Å². The van der Waals surface area contributed by atoms with Gasteiger partial charge in [0.05, 0.1) is 17.1 Å². The summed E-state index contributed by atoms with van der Waals surface area (Å²) in [5, 5.41) is 6.98. The van der Waals surface area contributed by atoms with E-state index in [1.165, 1.54) is 11.8 Å². The molecule has 1 aliphatic heterocycles. The molecular weight excluding hydrogens is 392 g/mol. The number of benzene rings is 1. The van der Waals surface area contributed by atoms with E-state index in [1.807, 2.05) is 31.3 Å². The SMILES string of the molecule is CCn1c(-c2ccc3c(c2)OCCO3)cnc1SC(C)C(=O)Nc1cc(C)on1. The molecule has 8 nitrogen and oxygen atoms in total. The van der Waals surface area contributed by atoms with Crippen LogP contribution in [0.1, 0.15) is 19.6 Å². The Labute approximate surface area is 172 Å². The minimum atomic E-state index is -0.354. The lowest BCUT2D eigenvalue weighted by molar-refractivity contribution is -0.115. The van der Waals surface area contributed by atoms with Gasteiger partial charge in [-0.3, -0.25) is 4.79 Å². The number of nitrogens with one attached hydrogen (secondary N) is 1. The summed E-state index contributed by atoms with van der Waals surface area (Å²) in [6, 6.07) is 7.56. The molecule has 152 valence electrons. The van der Waals surface area contributed by atoms with Gasteiger partial charge in [-0.15, -0.1) is 0 Å². The highest BCUT2D eigenvalue weighted by Gasteiger charge is 2.21. The van der Waals surface area contributed by atoms with Gasteiger partial charge in [-0.1, -0.05) is 16.9 Å². The Morgan fingerprint density at radius 3 is 2.79 bits per heavy atom. The fourth-order valence-electron chi connectivity index (χ4n) is 3.06. The second-order valence-corrected chi connectivity index (χ2v) is 7.91. The summed E-state index contributed by atoms with van der Waals surface area (Å²) in [5.41, 5.74) is 1.96. The Bertz CT molecular complexity index is 1030. The van der Waals surface area contributed by atoms with Crippen LogP contribution in [0.25, 0.3) is 11.3 Å². The number of ether oxygens (including phenoxy) is 2. The Morgan fingerprint density at radius 2 is 2.07 bits per heavy atom. The van der Waals surface area contributed by atoms with E-state index in [2.05, 4.69) is 26.9 Å². The van der Waals surface area contributed by atoms with E-state index in [9.17, 15) is 4.79 Å². The van der Waals surface area contributed by atoms with Crippen molar-refractivity contribution in [3.05, 3.63) is 36.2 Å². The van der Waals surface area contributed by atoms with E-state index in [1.54, 1.807) is 13.0 Å². The van der Waals surface area contributed by atoms with Crippen molar-refractivity contribution in [3.63, 3.8) is 0 Å². The number of aryl methyl sites for hydroxylation is 1. The van der Waals surface area contributed by atoms with Gasteiger partial charge in [0, 0.05) is 18.2 Å². The number of hydrogen-bond acceptors (Lipinski definition) is 7. The number of amides is 1. The first-order chi connectivity index (χ1) is 14.0. The first kappa shape index (κ1) is 19.4. The van der Waals surface area contributed by atoms with Crippen LogP contribution in [-0.2, 0) is 11.3 Å². The zero-order chi connectivity index (χ0) is 20.4. The minimum absolute atomic E-state index is 0.158. The number of rotatable bonds is 6. The van der Waals surface area contributed by atoms with E-state index in [0.29, 0.717) is 24.8 Å². The Hall–Kier alpha value is -2.94. The van der Waals surface area contributed by atoms with Gasteiger partial charge < -0.3 is 23.9 Å². The van der Waals surface area contributed by atoms with Gasteiger partial charge in [0.2, 0.25) is 5.91 Å². The predicted octanol–water partition coefficient (Wildman–Crippen LogP) is 3.76. The van der Waals surface area contributed by atoms with Gasteiger partial charge in [0.15, 0.2) is 22.5 Å². The topological polar surface area (TPSA) is 91.4 Å². The van der Waals surface area contributed by atoms with Gasteiger partial charge in [0.1, 0.15) is 19.0 Å². The molecule has 0 radical (unpaired) electrons. The van der Waals surface area contributed by atoms with Crippen molar-refractivity contribution in [3.8, 4) is 22.8 Å². The number of hydrogen-bond donors (Lipinski definition) is 1. The highest BCUT2D eigenvalue weighted by molar-refractivity contribution is 8.00. The summed E-state index contributed by atoms with van der Waals surface area (Å²) in [6.45, 7) is 7.50. The number of nitrogens with zero attached hydrogens (tertiary/aromatic N) is 3. The molecule has 3 heterocycles. The van der Waals surface area contributed by atoms with Crippen molar-refractivity contribution >= 4 is 23.5 Å². The van der Waals surface area contributed by atoms with Gasteiger partial charge in [-0.2, -0.15) is 0 Å². The van der Waals surface area contributed by atoms with Crippen molar-refractivity contribution in [2.24, 2.45) is 0 Å². The normalized spacial score (nSPS) is 13.9. The van der Waals surface area contributed by atoms with Crippen LogP contribution in [0.5, 0.6) is 11.5 Å². The molecule has 2 aromatic heterocycles. The lowest BCUT2D eigenvalue weighted by atomic mass is 10.1. The van der Waals surface area contributed by atoms with E-state index in [-0.39, 0.29) is 11.2 Å². The highest BCUT2D eigenvalue weighted by Crippen LogP contribution is 2.36. The van der Waals surface area contributed by atoms with Crippen molar-refractivity contribution in [1.29, 1.82) is 0 Å². The van der Waals surface area contributed by atoms with E-state index >= 15 is 0 Å². The molecule has 3 aromatic rings. The van der Waals surface area contributed by atoms with Crippen molar-refractivity contribution in [1.82, 2.24) is 14.7 Å². The summed E-state index contributed by atoms with van der Waals surface area (Å²) in [4.78, 5) is 17.0. The summed E-state index contributed by atoms with van der Waals surface area (Å²) in [7, 11) is 0. The molecule has 0 aliphatic carbocycles. The minimum Gasteiger partial charge on any atom is -0.486 e. The molecule has 29 heavy (non-hydrogen) atoms. The molecular formula is C20H22N4O4S. The molecule has 0 bridgehead atoms. The molecule has 9 heteroatoms. The zero-order valence-corrected chi connectivity index (χ0v) is 17.3. The van der Waals surface area contributed by atoms with Crippen LogP contribution in [0.4, 0.5) is 5.82 Å². The van der Waals surface area contributed by atoms with Crippen LogP contribution in [0.2, 0.25) is 0 Å². The standard InChI is InChI=1S/C20H22N4O4S/c1-4-24-15(14-5-6-16-17(10-14)27-8-7-26-16)11-21-20(24)29-13(3)19(25)22-18-9-12(2)28-23-18/h5-6,9-11,13H,4,7-8H2,1-3H3,(H,22,23,25). The zero-order valence-electron chi connectivity index (χ0n) is 16.5. The van der Waals surface area contributed by atoms with Crippen molar-refractivity contribution < 1.29 is 18.8 Å². The van der Waals surface area contributed by atoms with Crippen LogP contribution in [0.3, 0.4) is 0 Å². The third-order valence-corrected chi connectivity index (χ3v) is 5.61. The average Bonchev–Trinajstić information content (AvgIpc) is 3.33. The lowest BCUT2D eigenvalue weighted by Crippen LogP contribution is -2.23. The number of fused-ring (bicyclic) bond motifs is 1. The van der Waals surface area contributed by atoms with Gasteiger partial charge in [-0.25, -0.2) is 4.98 Å². The fourth-order valence-corrected chi connectivity index (χ4v) is 4.01. The Balaban J connectivity index is 1.52. The monoisotopic (exact) mass is 414 g/mol. The quantitative estimate of drug-likeness (QED) is 0.614. The summed E-state index contributed by atoms with van der Waals surface area (Å²) in [5.74, 6) is 2.39. The van der Waals surface area contributed by atoms with Gasteiger partial charge in [-0.05, 0) is 39.0 Å². The first-order valence-corrected chi connectivity index (χ1v) is 10.3. The van der Waals surface area contributed by atoms with Gasteiger partial charge in [0.25, 0.3) is 0 Å². The van der Waals surface area contributed by atoms with E-state index in [4.69, 9.17) is 14.0 Å². The highest BCUT2D eigenvalue weighted by atomic mass is 32.2. The number of anilines is 1. The van der Waals surface area contributed by atoms with Crippen LogP contribution in [-0.4, -0.2) is 39.1 Å². The maximum Gasteiger partial charge on any atom is 0.238 e. The smallest absolute Gasteiger partial charge is 0.238 e. The van der Waals surface area contributed by atoms with Crippen molar-refractivity contribution in [2.45, 2.75) is 37.7 Å². The molecule has 0 saturated carbocycles. The number of imidazole rings is 1. The molecule has 4 rings (SSSR count). The Morgan fingerprint density at radius 1 is 1.28 bits per heavy atom. The molecule has 1 amide bonds. The summed E-state index contributed by atoms with van der Waals surface area (Å²) in [6.07, 6.45) is 1.82. The van der Waals surface area contributed by atoms with Crippen LogP contribution in [0.15, 0.2) is 40.1 Å². The Kier molecular flexibility index (Phi) is 5.48. The van der Waals surface area contributed by atoms with Gasteiger partial charge >= 0.3 is 0 Å². The second-order valence-electron chi connectivity index (χ2n) is 6.60. The average molecular weight is 414 g/mol. The predicted molar refractivity (Wildman–Crippen MR) is 110 cm³/mol. The molecule has 1 aromatic carbocycles. The maximum absolute atomic E-state index is 12.5. The second kappa shape index (κ2) is 8.20. The number of carbonyl (C=O) groups excluding carboxylic acids is 1. The lowest BCUT2D eigenvalue weighted by Gasteiger charge is -2.19. The number of thioether (sulfide) groups is 1. The van der Waals surface area contributed by atoms with Crippen LogP contribution in [0, 0.1) is 6.92 Å². The molecule has 0 spiro atoms. The third kappa shape index (κ3) is 4.09. The largest absolute Gasteiger partial charge is 0.486 e. The maximum atomic E-state index is 12.5. The molecule has 1 atom stereocenters. The number of carbonyl (C=O) groups is 1. The first-order valence-electron chi connectivity index (χ1n) is 9.41. The molecule has 1 unspecified atom stereocenters. The third-order valence-electron chi connectivity index (χ3n) is 4.50. The number of aromatic nitrogens is 3. The molecule has 0 fully saturated rings. The summed E-state index contributed by atoms with van der Waals surface area (Å²) < 4.78 is 18.4. The van der Waals surface area contributed by atoms with E-state index < -0.39 is 0 Å². The molecule has 0 saturated heterocycles. The summed E-state index contributed by atoms with van der Waals surface area (Å²) >= 11 is 1.40. The fraction of sp³-hybridized carbons (Fsp3) is 0.350. The molecule has 1 aliphatic rings. The van der Waals surface area contributed by atoms with Crippen LogP contribution < -0.4 is 14.8 Å². The molecule has 1 N–H and O–H groups in total. The van der Waals surface area contributed by atoms with E-state index in [0.717, 1.165) is 34.5 Å².